The summed E-state index contributed by atoms with van der Waals surface area (Å²) in [6, 6.07) is 6.78. The average molecular weight is 207 g/mol. The van der Waals surface area contributed by atoms with Crippen molar-refractivity contribution in [2.24, 2.45) is 0 Å². The van der Waals surface area contributed by atoms with Crippen LogP contribution in [0.2, 0.25) is 0 Å². The predicted octanol–water partition coefficient (Wildman–Crippen LogP) is 2.03. The SMILES string of the molecule is CC.Cc1ccc2c(c1)CC(CO)NC2. The monoisotopic (exact) mass is 207 g/mol. The van der Waals surface area contributed by atoms with Gasteiger partial charge in [0.25, 0.3) is 0 Å². The molecule has 1 atom stereocenters. The van der Waals surface area contributed by atoms with Crippen LogP contribution in [0.25, 0.3) is 0 Å². The van der Waals surface area contributed by atoms with Crippen molar-refractivity contribution in [2.75, 3.05) is 6.61 Å². The van der Waals surface area contributed by atoms with Gasteiger partial charge in [0.05, 0.1) is 6.61 Å². The van der Waals surface area contributed by atoms with E-state index in [1.165, 1.54) is 16.7 Å². The lowest BCUT2D eigenvalue weighted by atomic mass is 9.95. The van der Waals surface area contributed by atoms with E-state index >= 15 is 0 Å². The molecule has 2 heteroatoms. The fraction of sp³-hybridized carbons (Fsp3) is 0.538. The molecule has 1 aromatic carbocycles. The van der Waals surface area contributed by atoms with E-state index in [0.717, 1.165) is 13.0 Å². The van der Waals surface area contributed by atoms with Crippen molar-refractivity contribution in [2.45, 2.75) is 39.8 Å². The molecule has 2 rings (SSSR count). The second-order valence-electron chi connectivity index (χ2n) is 3.74. The summed E-state index contributed by atoms with van der Waals surface area (Å²) < 4.78 is 0. The highest BCUT2D eigenvalue weighted by molar-refractivity contribution is 5.33. The molecular weight excluding hydrogens is 186 g/mol. The maximum Gasteiger partial charge on any atom is 0.0587 e. The van der Waals surface area contributed by atoms with Crippen molar-refractivity contribution in [1.29, 1.82) is 0 Å². The molecule has 0 saturated heterocycles. The topological polar surface area (TPSA) is 32.3 Å². The van der Waals surface area contributed by atoms with Crippen LogP contribution in [0.5, 0.6) is 0 Å². The van der Waals surface area contributed by atoms with Gasteiger partial charge in [-0.15, -0.1) is 0 Å². The van der Waals surface area contributed by atoms with E-state index in [1.54, 1.807) is 0 Å². The molecule has 0 amide bonds. The van der Waals surface area contributed by atoms with Gasteiger partial charge in [0.1, 0.15) is 0 Å². The van der Waals surface area contributed by atoms with Gasteiger partial charge in [-0.05, 0) is 24.5 Å². The van der Waals surface area contributed by atoms with Gasteiger partial charge in [0.15, 0.2) is 0 Å². The number of rotatable bonds is 1. The van der Waals surface area contributed by atoms with Crippen LogP contribution in [-0.2, 0) is 13.0 Å². The van der Waals surface area contributed by atoms with E-state index < -0.39 is 0 Å². The molecule has 2 nitrogen and oxygen atoms in total. The maximum absolute atomic E-state index is 9.02. The van der Waals surface area contributed by atoms with E-state index in [9.17, 15) is 0 Å². The first-order valence-corrected chi connectivity index (χ1v) is 5.72. The van der Waals surface area contributed by atoms with Crippen molar-refractivity contribution >= 4 is 0 Å². The molecular formula is C13H21NO. The first-order chi connectivity index (χ1) is 7.29. The van der Waals surface area contributed by atoms with Crippen LogP contribution in [0.4, 0.5) is 0 Å². The third-order valence-corrected chi connectivity index (χ3v) is 2.63. The summed E-state index contributed by atoms with van der Waals surface area (Å²) in [6.07, 6.45) is 0.952. The molecule has 2 N–H and O–H groups in total. The Hall–Kier alpha value is -0.860. The molecule has 0 bridgehead atoms. The number of hydrogen-bond acceptors (Lipinski definition) is 2. The van der Waals surface area contributed by atoms with Crippen LogP contribution < -0.4 is 5.32 Å². The number of aliphatic hydroxyl groups is 1. The van der Waals surface area contributed by atoms with Crippen molar-refractivity contribution in [3.8, 4) is 0 Å². The Labute approximate surface area is 92.3 Å². The lowest BCUT2D eigenvalue weighted by Crippen LogP contribution is -2.38. The highest BCUT2D eigenvalue weighted by Gasteiger charge is 2.16. The maximum atomic E-state index is 9.02. The van der Waals surface area contributed by atoms with Gasteiger partial charge < -0.3 is 10.4 Å². The van der Waals surface area contributed by atoms with E-state index in [-0.39, 0.29) is 12.6 Å². The van der Waals surface area contributed by atoms with Crippen LogP contribution in [-0.4, -0.2) is 17.8 Å². The van der Waals surface area contributed by atoms with Crippen molar-refractivity contribution in [3.63, 3.8) is 0 Å². The van der Waals surface area contributed by atoms with Crippen LogP contribution in [0.15, 0.2) is 18.2 Å². The van der Waals surface area contributed by atoms with E-state index in [4.69, 9.17) is 5.11 Å². The van der Waals surface area contributed by atoms with Gasteiger partial charge in [-0.25, -0.2) is 0 Å². The molecule has 0 saturated carbocycles. The molecule has 1 aliphatic heterocycles. The highest BCUT2D eigenvalue weighted by atomic mass is 16.3. The summed E-state index contributed by atoms with van der Waals surface area (Å²) in [7, 11) is 0. The normalized spacial score (nSPS) is 18.8. The Balaban J connectivity index is 0.000000531. The molecule has 0 radical (unpaired) electrons. The van der Waals surface area contributed by atoms with Crippen molar-refractivity contribution < 1.29 is 5.11 Å². The third kappa shape index (κ3) is 3.05. The molecule has 0 aromatic heterocycles. The molecule has 0 spiro atoms. The van der Waals surface area contributed by atoms with Gasteiger partial charge in [0.2, 0.25) is 0 Å². The van der Waals surface area contributed by atoms with Crippen LogP contribution >= 0.6 is 0 Å². The molecule has 84 valence electrons. The largest absolute Gasteiger partial charge is 0.395 e. The minimum Gasteiger partial charge on any atom is -0.395 e. The number of fused-ring (bicyclic) bond motifs is 1. The van der Waals surface area contributed by atoms with Gasteiger partial charge in [-0.2, -0.15) is 0 Å². The molecule has 0 aliphatic carbocycles. The number of aryl methyl sites for hydroxylation is 1. The summed E-state index contributed by atoms with van der Waals surface area (Å²) in [5.41, 5.74) is 4.06. The molecule has 1 aliphatic rings. The molecule has 0 fully saturated rings. The van der Waals surface area contributed by atoms with Crippen molar-refractivity contribution in [1.82, 2.24) is 5.32 Å². The fourth-order valence-electron chi connectivity index (χ4n) is 1.84. The minimum absolute atomic E-state index is 0.230. The molecule has 1 aromatic rings. The van der Waals surface area contributed by atoms with E-state index in [0.29, 0.717) is 0 Å². The van der Waals surface area contributed by atoms with Gasteiger partial charge >= 0.3 is 0 Å². The summed E-state index contributed by atoms with van der Waals surface area (Å²) in [4.78, 5) is 0. The zero-order chi connectivity index (χ0) is 11.3. The standard InChI is InChI=1S/C11H15NO.C2H6/c1-8-2-3-9-6-12-11(7-13)5-10(9)4-8;1-2/h2-4,11-13H,5-7H2,1H3;1-2H3. The first-order valence-electron chi connectivity index (χ1n) is 5.72. The molecule has 1 unspecified atom stereocenters. The van der Waals surface area contributed by atoms with E-state index in [1.807, 2.05) is 13.8 Å². The van der Waals surface area contributed by atoms with Gasteiger partial charge in [-0.1, -0.05) is 37.6 Å². The Kier molecular flexibility index (Phi) is 4.79. The van der Waals surface area contributed by atoms with E-state index in [2.05, 4.69) is 30.4 Å². The fourth-order valence-corrected chi connectivity index (χ4v) is 1.84. The smallest absolute Gasteiger partial charge is 0.0587 e. The summed E-state index contributed by atoms with van der Waals surface area (Å²) in [5.74, 6) is 0. The van der Waals surface area contributed by atoms with Crippen molar-refractivity contribution in [3.05, 3.63) is 34.9 Å². The highest BCUT2D eigenvalue weighted by Crippen LogP contribution is 2.17. The summed E-state index contributed by atoms with van der Waals surface area (Å²) >= 11 is 0. The number of aliphatic hydroxyl groups excluding tert-OH is 1. The molecule has 15 heavy (non-hydrogen) atoms. The Morgan fingerprint density at radius 3 is 2.73 bits per heavy atom. The zero-order valence-electron chi connectivity index (χ0n) is 9.88. The molecule has 1 heterocycles. The lowest BCUT2D eigenvalue weighted by molar-refractivity contribution is 0.236. The Bertz CT molecular complexity index is 309. The second kappa shape index (κ2) is 5.89. The van der Waals surface area contributed by atoms with Gasteiger partial charge in [-0.3, -0.25) is 0 Å². The Morgan fingerprint density at radius 1 is 1.33 bits per heavy atom. The lowest BCUT2D eigenvalue weighted by Gasteiger charge is -2.24. The second-order valence-corrected chi connectivity index (χ2v) is 3.74. The average Bonchev–Trinajstić information content (AvgIpc) is 2.30. The predicted molar refractivity (Wildman–Crippen MR) is 63.9 cm³/mol. The van der Waals surface area contributed by atoms with Gasteiger partial charge in [0, 0.05) is 12.6 Å². The summed E-state index contributed by atoms with van der Waals surface area (Å²) in [6.45, 7) is 7.23. The number of hydrogen-bond donors (Lipinski definition) is 2. The van der Waals surface area contributed by atoms with Crippen LogP contribution in [0, 0.1) is 6.92 Å². The minimum atomic E-state index is 0.230. The van der Waals surface area contributed by atoms with Crippen LogP contribution in [0.1, 0.15) is 30.5 Å². The number of benzene rings is 1. The number of nitrogens with one attached hydrogen (secondary N) is 1. The quantitative estimate of drug-likeness (QED) is 0.738. The zero-order valence-corrected chi connectivity index (χ0v) is 9.88. The first kappa shape index (κ1) is 12.2. The van der Waals surface area contributed by atoms with Crippen LogP contribution in [0.3, 0.4) is 0 Å². The third-order valence-electron chi connectivity index (χ3n) is 2.63. The Morgan fingerprint density at radius 2 is 2.07 bits per heavy atom. The summed E-state index contributed by atoms with van der Waals surface area (Å²) in [5, 5.41) is 12.3.